The second kappa shape index (κ2) is 20.5. The molecule has 1 atom stereocenters. The SMILES string of the molecule is CCCCCCCC/C=C\CCCCCCCC(=O)OC(O)CCCC. The van der Waals surface area contributed by atoms with E-state index in [0.717, 1.165) is 25.7 Å². The van der Waals surface area contributed by atoms with Gasteiger partial charge in [0.1, 0.15) is 0 Å². The maximum Gasteiger partial charge on any atom is 0.308 e. The summed E-state index contributed by atoms with van der Waals surface area (Å²) < 4.78 is 4.98. The minimum Gasteiger partial charge on any atom is -0.436 e. The van der Waals surface area contributed by atoms with Gasteiger partial charge in [-0.25, -0.2) is 0 Å². The first kappa shape index (κ1) is 25.2. The Kier molecular flexibility index (Phi) is 19.8. The quantitative estimate of drug-likeness (QED) is 0.115. The predicted octanol–water partition coefficient (Wildman–Crippen LogP) is 7.08. The Morgan fingerprint density at radius 3 is 1.85 bits per heavy atom. The van der Waals surface area contributed by atoms with Crippen LogP contribution in [0.5, 0.6) is 0 Å². The molecule has 0 aromatic carbocycles. The van der Waals surface area contributed by atoms with Crippen molar-refractivity contribution < 1.29 is 14.6 Å². The van der Waals surface area contributed by atoms with Gasteiger partial charge in [0.2, 0.25) is 6.29 Å². The topological polar surface area (TPSA) is 46.5 Å². The first-order valence-corrected chi connectivity index (χ1v) is 11.2. The van der Waals surface area contributed by atoms with Gasteiger partial charge in [-0.05, 0) is 38.5 Å². The molecule has 0 radical (unpaired) electrons. The largest absolute Gasteiger partial charge is 0.436 e. The number of esters is 1. The number of carbonyl (C=O) groups excluding carboxylic acids is 1. The van der Waals surface area contributed by atoms with Gasteiger partial charge < -0.3 is 9.84 Å². The molecule has 3 heteroatoms. The van der Waals surface area contributed by atoms with Crippen molar-refractivity contribution in [1.82, 2.24) is 0 Å². The first-order chi connectivity index (χ1) is 12.7. The van der Waals surface area contributed by atoms with Crippen molar-refractivity contribution in [1.29, 1.82) is 0 Å². The van der Waals surface area contributed by atoms with Gasteiger partial charge in [-0.1, -0.05) is 83.8 Å². The number of rotatable bonds is 19. The van der Waals surface area contributed by atoms with Crippen LogP contribution in [0.4, 0.5) is 0 Å². The molecule has 0 aromatic rings. The van der Waals surface area contributed by atoms with Crippen molar-refractivity contribution >= 4 is 5.97 Å². The van der Waals surface area contributed by atoms with E-state index in [1.807, 2.05) is 0 Å². The van der Waals surface area contributed by atoms with Crippen LogP contribution in [0.2, 0.25) is 0 Å². The summed E-state index contributed by atoms with van der Waals surface area (Å²) in [5.41, 5.74) is 0. The number of hydrogen-bond acceptors (Lipinski definition) is 3. The van der Waals surface area contributed by atoms with Crippen LogP contribution in [0.3, 0.4) is 0 Å². The standard InChI is InChI=1S/C23H44O3/c1-3-5-7-8-9-10-11-12-13-14-15-16-17-18-19-21-23(25)26-22(24)20-6-4-2/h12-13,22,24H,3-11,14-21H2,1-2H3/b13-12-. The van der Waals surface area contributed by atoms with Crippen LogP contribution < -0.4 is 0 Å². The van der Waals surface area contributed by atoms with Crippen molar-refractivity contribution in [2.45, 2.75) is 129 Å². The van der Waals surface area contributed by atoms with E-state index >= 15 is 0 Å². The summed E-state index contributed by atoms with van der Waals surface area (Å²) >= 11 is 0. The molecule has 0 aliphatic rings. The average molecular weight is 369 g/mol. The zero-order valence-corrected chi connectivity index (χ0v) is 17.5. The van der Waals surface area contributed by atoms with Gasteiger partial charge in [0, 0.05) is 12.8 Å². The minimum absolute atomic E-state index is 0.258. The molecule has 0 aromatic heterocycles. The fourth-order valence-corrected chi connectivity index (χ4v) is 2.99. The Balaban J connectivity index is 3.28. The Hall–Kier alpha value is -0.830. The molecule has 0 bridgehead atoms. The van der Waals surface area contributed by atoms with Crippen molar-refractivity contribution in [2.24, 2.45) is 0 Å². The normalized spacial score (nSPS) is 12.6. The van der Waals surface area contributed by atoms with Gasteiger partial charge in [0.05, 0.1) is 0 Å². The molecule has 26 heavy (non-hydrogen) atoms. The van der Waals surface area contributed by atoms with E-state index in [2.05, 4.69) is 26.0 Å². The third kappa shape index (κ3) is 19.5. The van der Waals surface area contributed by atoms with Gasteiger partial charge in [-0.3, -0.25) is 4.79 Å². The molecular formula is C23H44O3. The highest BCUT2D eigenvalue weighted by molar-refractivity contribution is 5.69. The second-order valence-corrected chi connectivity index (χ2v) is 7.42. The van der Waals surface area contributed by atoms with E-state index in [9.17, 15) is 9.90 Å². The monoisotopic (exact) mass is 368 g/mol. The smallest absolute Gasteiger partial charge is 0.308 e. The molecule has 0 fully saturated rings. The van der Waals surface area contributed by atoms with Crippen LogP contribution in [0.25, 0.3) is 0 Å². The molecule has 1 N–H and O–H groups in total. The number of ether oxygens (including phenoxy) is 1. The van der Waals surface area contributed by atoms with E-state index < -0.39 is 6.29 Å². The lowest BCUT2D eigenvalue weighted by Gasteiger charge is -2.11. The zero-order chi connectivity index (χ0) is 19.3. The molecule has 0 amide bonds. The lowest BCUT2D eigenvalue weighted by molar-refractivity contribution is -0.168. The average Bonchev–Trinajstić information content (AvgIpc) is 2.63. The van der Waals surface area contributed by atoms with E-state index in [4.69, 9.17) is 4.74 Å². The van der Waals surface area contributed by atoms with E-state index in [1.54, 1.807) is 0 Å². The Morgan fingerprint density at radius 2 is 1.27 bits per heavy atom. The fourth-order valence-electron chi connectivity index (χ4n) is 2.99. The summed E-state index contributed by atoms with van der Waals surface area (Å²) in [6.07, 6.45) is 22.9. The Bertz CT molecular complexity index is 325. The number of unbranched alkanes of at least 4 members (excludes halogenated alkanes) is 12. The molecular weight excluding hydrogens is 324 g/mol. The molecule has 154 valence electrons. The van der Waals surface area contributed by atoms with Crippen molar-refractivity contribution in [3.63, 3.8) is 0 Å². The number of aliphatic hydroxyl groups excluding tert-OH is 1. The first-order valence-electron chi connectivity index (χ1n) is 11.2. The lowest BCUT2D eigenvalue weighted by Crippen LogP contribution is -2.17. The second-order valence-electron chi connectivity index (χ2n) is 7.42. The predicted molar refractivity (Wildman–Crippen MR) is 111 cm³/mol. The van der Waals surface area contributed by atoms with Crippen LogP contribution in [0.15, 0.2) is 12.2 Å². The third-order valence-electron chi connectivity index (χ3n) is 4.71. The summed E-state index contributed by atoms with van der Waals surface area (Å²) in [4.78, 5) is 11.6. The molecule has 0 saturated carbocycles. The van der Waals surface area contributed by atoms with E-state index in [-0.39, 0.29) is 5.97 Å². The summed E-state index contributed by atoms with van der Waals surface area (Å²) in [6, 6.07) is 0. The number of hydrogen-bond donors (Lipinski definition) is 1. The number of carbonyl (C=O) groups is 1. The summed E-state index contributed by atoms with van der Waals surface area (Å²) in [6.45, 7) is 4.32. The third-order valence-corrected chi connectivity index (χ3v) is 4.71. The molecule has 1 unspecified atom stereocenters. The van der Waals surface area contributed by atoms with Crippen LogP contribution in [-0.2, 0) is 9.53 Å². The van der Waals surface area contributed by atoms with Crippen LogP contribution in [0.1, 0.15) is 123 Å². The lowest BCUT2D eigenvalue weighted by atomic mass is 10.1. The Labute approximate surface area is 162 Å². The van der Waals surface area contributed by atoms with E-state index in [0.29, 0.717) is 12.8 Å². The van der Waals surface area contributed by atoms with E-state index in [1.165, 1.54) is 70.6 Å². The molecule has 0 rings (SSSR count). The van der Waals surface area contributed by atoms with Gasteiger partial charge in [-0.2, -0.15) is 0 Å². The molecule has 0 saturated heterocycles. The molecule has 0 aliphatic carbocycles. The van der Waals surface area contributed by atoms with Crippen molar-refractivity contribution in [3.05, 3.63) is 12.2 Å². The zero-order valence-electron chi connectivity index (χ0n) is 17.5. The fraction of sp³-hybridized carbons (Fsp3) is 0.870. The molecule has 0 aliphatic heterocycles. The number of aliphatic hydroxyl groups is 1. The highest BCUT2D eigenvalue weighted by atomic mass is 16.6. The van der Waals surface area contributed by atoms with Crippen LogP contribution >= 0.6 is 0 Å². The highest BCUT2D eigenvalue weighted by Gasteiger charge is 2.09. The maximum atomic E-state index is 11.6. The van der Waals surface area contributed by atoms with Gasteiger partial charge in [-0.15, -0.1) is 0 Å². The molecule has 0 spiro atoms. The highest BCUT2D eigenvalue weighted by Crippen LogP contribution is 2.11. The Morgan fingerprint density at radius 1 is 0.769 bits per heavy atom. The minimum atomic E-state index is -0.912. The van der Waals surface area contributed by atoms with Gasteiger partial charge in [0.25, 0.3) is 0 Å². The maximum absolute atomic E-state index is 11.6. The molecule has 0 heterocycles. The van der Waals surface area contributed by atoms with Crippen LogP contribution in [0, 0.1) is 0 Å². The van der Waals surface area contributed by atoms with Crippen molar-refractivity contribution in [3.8, 4) is 0 Å². The van der Waals surface area contributed by atoms with Crippen LogP contribution in [-0.4, -0.2) is 17.4 Å². The summed E-state index contributed by atoms with van der Waals surface area (Å²) in [5, 5.41) is 9.53. The number of allylic oxidation sites excluding steroid dienone is 2. The van der Waals surface area contributed by atoms with Crippen molar-refractivity contribution in [2.75, 3.05) is 0 Å². The van der Waals surface area contributed by atoms with Gasteiger partial charge in [0.15, 0.2) is 0 Å². The summed E-state index contributed by atoms with van der Waals surface area (Å²) in [7, 11) is 0. The molecule has 3 nitrogen and oxygen atoms in total. The summed E-state index contributed by atoms with van der Waals surface area (Å²) in [5.74, 6) is -0.258. The van der Waals surface area contributed by atoms with Gasteiger partial charge >= 0.3 is 5.97 Å².